The monoisotopic (exact) mass is 453 g/mol. The molecule has 5 nitrogen and oxygen atoms in total. The normalized spacial score (nSPS) is 15.6. The Morgan fingerprint density at radius 3 is 2.87 bits per heavy atom. The molecule has 0 spiro atoms. The van der Waals surface area contributed by atoms with Crippen molar-refractivity contribution >= 4 is 44.9 Å². The molecule has 162 valence electrons. The van der Waals surface area contributed by atoms with E-state index in [1.807, 2.05) is 37.3 Å². The second-order valence-corrected chi connectivity index (χ2v) is 9.92. The molecular formula is C24H27N3O2S2. The summed E-state index contributed by atoms with van der Waals surface area (Å²) in [7, 11) is 0. The molecule has 0 saturated heterocycles. The summed E-state index contributed by atoms with van der Waals surface area (Å²) in [6.45, 7) is 9.01. The van der Waals surface area contributed by atoms with Gasteiger partial charge >= 0.3 is 0 Å². The van der Waals surface area contributed by atoms with Gasteiger partial charge in [0.2, 0.25) is 5.91 Å². The fourth-order valence-electron chi connectivity index (χ4n) is 4.12. The van der Waals surface area contributed by atoms with Crippen LogP contribution in [0.3, 0.4) is 0 Å². The highest BCUT2D eigenvalue weighted by molar-refractivity contribution is 7.99. The Kier molecular flexibility index (Phi) is 6.62. The number of anilines is 1. The van der Waals surface area contributed by atoms with Crippen LogP contribution in [0.1, 0.15) is 30.7 Å². The van der Waals surface area contributed by atoms with E-state index in [4.69, 9.17) is 4.98 Å². The van der Waals surface area contributed by atoms with Crippen molar-refractivity contribution in [3.8, 4) is 0 Å². The zero-order valence-corrected chi connectivity index (χ0v) is 19.6. The molecule has 1 aliphatic rings. The fourth-order valence-corrected chi connectivity index (χ4v) is 6.43. The molecule has 2 heterocycles. The lowest BCUT2D eigenvalue weighted by atomic mass is 9.89. The molecule has 0 unspecified atom stereocenters. The summed E-state index contributed by atoms with van der Waals surface area (Å²) in [5.41, 5.74) is 2.05. The third-order valence-corrected chi connectivity index (χ3v) is 7.81. The second kappa shape index (κ2) is 9.40. The summed E-state index contributed by atoms with van der Waals surface area (Å²) in [6.07, 6.45) is 4.77. The summed E-state index contributed by atoms with van der Waals surface area (Å²) in [6, 6.07) is 9.65. The van der Waals surface area contributed by atoms with Crippen molar-refractivity contribution in [3.63, 3.8) is 0 Å². The van der Waals surface area contributed by atoms with Gasteiger partial charge in [-0.3, -0.25) is 14.2 Å². The molecule has 0 aliphatic heterocycles. The molecule has 1 atom stereocenters. The molecule has 0 saturated carbocycles. The topological polar surface area (TPSA) is 55.2 Å². The molecule has 1 aromatic carbocycles. The fraction of sp³-hybridized carbons (Fsp3) is 0.375. The third kappa shape index (κ3) is 4.34. The van der Waals surface area contributed by atoms with Gasteiger partial charge in [-0.1, -0.05) is 43.0 Å². The number of aromatic nitrogens is 2. The summed E-state index contributed by atoms with van der Waals surface area (Å²) in [5.74, 6) is 0.859. The van der Waals surface area contributed by atoms with Crippen LogP contribution < -0.4 is 10.5 Å². The van der Waals surface area contributed by atoms with Crippen LogP contribution in [0, 0.1) is 5.92 Å². The minimum atomic E-state index is -0.0118. The highest BCUT2D eigenvalue weighted by Gasteiger charge is 2.25. The smallest absolute Gasteiger partial charge is 0.263 e. The first kappa shape index (κ1) is 21.8. The standard InChI is InChI=1S/C24H27N3O2S2/c1-4-13-27-23(29)21-18-12-11-16(3)14-19(18)31-22(21)25-24(27)30-15-20(28)26(5-2)17-9-7-6-8-10-17/h4,6-10,16H,1,5,11-15H2,2-3H3/t16-/m1/s1. The van der Waals surface area contributed by atoms with E-state index in [1.54, 1.807) is 26.9 Å². The van der Waals surface area contributed by atoms with Gasteiger partial charge in [0, 0.05) is 23.7 Å². The number of thiophene rings is 1. The number of allylic oxidation sites excluding steroid dienone is 1. The van der Waals surface area contributed by atoms with E-state index >= 15 is 0 Å². The number of benzene rings is 1. The Hall–Kier alpha value is -2.38. The predicted octanol–water partition coefficient (Wildman–Crippen LogP) is 4.91. The highest BCUT2D eigenvalue weighted by atomic mass is 32.2. The Morgan fingerprint density at radius 1 is 1.39 bits per heavy atom. The number of carbonyl (C=O) groups is 1. The summed E-state index contributed by atoms with van der Waals surface area (Å²) in [5, 5.41) is 1.35. The van der Waals surface area contributed by atoms with E-state index in [0.29, 0.717) is 24.2 Å². The maximum absolute atomic E-state index is 13.4. The van der Waals surface area contributed by atoms with Gasteiger partial charge < -0.3 is 4.90 Å². The van der Waals surface area contributed by atoms with Crippen LogP contribution in [0.4, 0.5) is 5.69 Å². The molecular weight excluding hydrogens is 426 g/mol. The van der Waals surface area contributed by atoms with Crippen LogP contribution in [-0.2, 0) is 24.2 Å². The van der Waals surface area contributed by atoms with Crippen molar-refractivity contribution in [2.24, 2.45) is 5.92 Å². The maximum Gasteiger partial charge on any atom is 0.263 e. The molecule has 1 amide bonds. The van der Waals surface area contributed by atoms with E-state index in [0.717, 1.165) is 35.2 Å². The molecule has 31 heavy (non-hydrogen) atoms. The lowest BCUT2D eigenvalue weighted by Gasteiger charge is -2.21. The van der Waals surface area contributed by atoms with Gasteiger partial charge in [0.25, 0.3) is 5.56 Å². The summed E-state index contributed by atoms with van der Waals surface area (Å²) < 4.78 is 1.66. The number of fused-ring (bicyclic) bond motifs is 3. The Morgan fingerprint density at radius 2 is 2.16 bits per heavy atom. The Labute approximate surface area is 190 Å². The highest BCUT2D eigenvalue weighted by Crippen LogP contribution is 2.36. The van der Waals surface area contributed by atoms with E-state index in [9.17, 15) is 9.59 Å². The molecule has 3 aromatic rings. The largest absolute Gasteiger partial charge is 0.312 e. The number of thioether (sulfide) groups is 1. The molecule has 7 heteroatoms. The van der Waals surface area contributed by atoms with Crippen molar-refractivity contribution in [2.75, 3.05) is 17.2 Å². The van der Waals surface area contributed by atoms with Gasteiger partial charge in [-0.15, -0.1) is 17.9 Å². The second-order valence-electron chi connectivity index (χ2n) is 7.89. The van der Waals surface area contributed by atoms with Crippen LogP contribution in [0.5, 0.6) is 0 Å². The average molecular weight is 454 g/mol. The number of rotatable bonds is 7. The molecule has 4 rings (SSSR count). The van der Waals surface area contributed by atoms with Gasteiger partial charge in [-0.25, -0.2) is 4.98 Å². The number of carbonyl (C=O) groups excluding carboxylic acids is 1. The number of hydrogen-bond acceptors (Lipinski definition) is 5. The van der Waals surface area contributed by atoms with Crippen molar-refractivity contribution in [1.82, 2.24) is 9.55 Å². The zero-order chi connectivity index (χ0) is 22.0. The van der Waals surface area contributed by atoms with Crippen molar-refractivity contribution < 1.29 is 4.79 Å². The number of aryl methyl sites for hydroxylation is 1. The van der Waals surface area contributed by atoms with Crippen LogP contribution in [0.25, 0.3) is 10.2 Å². The predicted molar refractivity (Wildman–Crippen MR) is 130 cm³/mol. The van der Waals surface area contributed by atoms with Crippen LogP contribution >= 0.6 is 23.1 Å². The minimum absolute atomic E-state index is 0.00232. The Balaban J connectivity index is 1.65. The van der Waals surface area contributed by atoms with E-state index in [2.05, 4.69) is 13.5 Å². The first-order valence-electron chi connectivity index (χ1n) is 10.7. The van der Waals surface area contributed by atoms with E-state index in [1.165, 1.54) is 22.2 Å². The zero-order valence-electron chi connectivity index (χ0n) is 18.0. The van der Waals surface area contributed by atoms with E-state index < -0.39 is 0 Å². The SMILES string of the molecule is C=CCn1c(SCC(=O)N(CC)c2ccccc2)nc2sc3c(c2c1=O)CC[C@@H](C)C3. The van der Waals surface area contributed by atoms with Gasteiger partial charge in [0.05, 0.1) is 11.1 Å². The van der Waals surface area contributed by atoms with Crippen molar-refractivity contribution in [1.29, 1.82) is 0 Å². The number of para-hydroxylation sites is 1. The van der Waals surface area contributed by atoms with Crippen molar-refractivity contribution in [2.45, 2.75) is 44.8 Å². The molecule has 0 radical (unpaired) electrons. The van der Waals surface area contributed by atoms with Crippen LogP contribution in [0.15, 0.2) is 52.9 Å². The molecule has 2 aromatic heterocycles. The minimum Gasteiger partial charge on any atom is -0.312 e. The number of nitrogens with zero attached hydrogens (tertiary/aromatic N) is 3. The van der Waals surface area contributed by atoms with Crippen molar-refractivity contribution in [3.05, 3.63) is 63.8 Å². The van der Waals surface area contributed by atoms with Gasteiger partial charge in [0.1, 0.15) is 4.83 Å². The summed E-state index contributed by atoms with van der Waals surface area (Å²) >= 11 is 2.97. The Bertz CT molecular complexity index is 1170. The van der Waals surface area contributed by atoms with Gasteiger partial charge in [-0.05, 0) is 49.8 Å². The third-order valence-electron chi connectivity index (χ3n) is 5.70. The van der Waals surface area contributed by atoms with Crippen LogP contribution in [-0.4, -0.2) is 27.8 Å². The lowest BCUT2D eigenvalue weighted by Crippen LogP contribution is -2.32. The number of amides is 1. The molecule has 0 N–H and O–H groups in total. The van der Waals surface area contributed by atoms with Gasteiger partial charge in [-0.2, -0.15) is 0 Å². The average Bonchev–Trinajstić information content (AvgIpc) is 3.13. The number of hydrogen-bond donors (Lipinski definition) is 0. The first-order valence-corrected chi connectivity index (χ1v) is 12.5. The molecule has 1 aliphatic carbocycles. The molecule has 0 fully saturated rings. The first-order chi connectivity index (χ1) is 15.0. The van der Waals surface area contributed by atoms with Gasteiger partial charge in [0.15, 0.2) is 5.16 Å². The quantitative estimate of drug-likeness (QED) is 0.290. The maximum atomic E-state index is 13.4. The summed E-state index contributed by atoms with van der Waals surface area (Å²) in [4.78, 5) is 35.0. The van der Waals surface area contributed by atoms with E-state index in [-0.39, 0.29) is 17.2 Å². The lowest BCUT2D eigenvalue weighted by molar-refractivity contribution is -0.116. The van der Waals surface area contributed by atoms with Crippen LogP contribution in [0.2, 0.25) is 0 Å². The molecule has 0 bridgehead atoms.